The van der Waals surface area contributed by atoms with Crippen LogP contribution in [0, 0.1) is 0 Å². The van der Waals surface area contributed by atoms with E-state index in [0.29, 0.717) is 0 Å². The molecule has 0 aliphatic heterocycles. The first-order valence-corrected chi connectivity index (χ1v) is 1.99. The fourth-order valence-corrected chi connectivity index (χ4v) is 0.427. The largest absolute Gasteiger partial charge is 0.500 e. The third-order valence-electron chi connectivity index (χ3n) is 0.981. The molecule has 4 heteroatoms. The summed E-state index contributed by atoms with van der Waals surface area (Å²) in [5.74, 6) is -0.491. The molecule has 0 saturated carbocycles. The summed E-state index contributed by atoms with van der Waals surface area (Å²) in [4.78, 5) is 20.2. The van der Waals surface area contributed by atoms with E-state index >= 15 is 0 Å². The lowest BCUT2D eigenvalue weighted by Crippen LogP contribution is -2.53. The molecule has 0 aromatic heterocycles. The Morgan fingerprint density at radius 3 is 1.88 bits per heavy atom. The Morgan fingerprint density at radius 1 is 1.25 bits per heavy atom. The summed E-state index contributed by atoms with van der Waals surface area (Å²) in [5, 5.41) is 8.40. The van der Waals surface area contributed by atoms with E-state index in [1.54, 1.807) is 0 Å². The quantitative estimate of drug-likeness (QED) is 0.377. The van der Waals surface area contributed by atoms with Gasteiger partial charge in [-0.2, -0.15) is 0 Å². The van der Waals surface area contributed by atoms with Crippen LogP contribution in [0.15, 0.2) is 9.59 Å². The van der Waals surface area contributed by atoms with Crippen LogP contribution in [0.2, 0.25) is 0 Å². The van der Waals surface area contributed by atoms with Crippen molar-refractivity contribution < 1.29 is 10.8 Å². The minimum Gasteiger partial charge on any atom is -0.500 e. The Labute approximate surface area is 43.9 Å². The van der Waals surface area contributed by atoms with Crippen molar-refractivity contribution in [2.24, 2.45) is 0 Å². The third-order valence-corrected chi connectivity index (χ3v) is 0.981. The summed E-state index contributed by atoms with van der Waals surface area (Å²) in [6.45, 7) is 0. The highest BCUT2D eigenvalue weighted by Gasteiger charge is 2.19. The van der Waals surface area contributed by atoms with Crippen LogP contribution in [0.5, 0.6) is 5.75 Å². The summed E-state index contributed by atoms with van der Waals surface area (Å²) in [7, 11) is 0. The molecule has 0 unspecified atom stereocenters. The Hall–Kier alpha value is -1.16. The second-order valence-electron chi connectivity index (χ2n) is 1.49. The molecule has 0 amide bonds. The van der Waals surface area contributed by atoms with Crippen molar-refractivity contribution in [3.63, 3.8) is 0 Å². The van der Waals surface area contributed by atoms with Crippen LogP contribution in [-0.4, -0.2) is 5.11 Å². The SMILES string of the molecule is [NH3+]c1c(O)c(=O)c1=O. The van der Waals surface area contributed by atoms with Gasteiger partial charge in [0.1, 0.15) is 0 Å². The van der Waals surface area contributed by atoms with Crippen molar-refractivity contribution in [2.75, 3.05) is 0 Å². The van der Waals surface area contributed by atoms with Gasteiger partial charge in [-0.05, 0) is 0 Å². The Bertz CT molecular complexity index is 251. The van der Waals surface area contributed by atoms with Gasteiger partial charge in [0.25, 0.3) is 10.9 Å². The molecular weight excluding hydrogens is 110 g/mol. The van der Waals surface area contributed by atoms with E-state index in [9.17, 15) is 9.59 Å². The summed E-state index contributed by atoms with van der Waals surface area (Å²) in [6, 6.07) is 0. The molecule has 0 aliphatic rings. The fourth-order valence-electron chi connectivity index (χ4n) is 0.427. The molecule has 0 radical (unpaired) electrons. The molecule has 4 N–H and O–H groups in total. The molecule has 0 atom stereocenters. The topological polar surface area (TPSA) is 82.0 Å². The lowest BCUT2D eigenvalue weighted by atomic mass is 10.2. The molecule has 1 aromatic carbocycles. The zero-order valence-corrected chi connectivity index (χ0v) is 3.97. The zero-order valence-electron chi connectivity index (χ0n) is 3.97. The monoisotopic (exact) mass is 114 g/mol. The maximum atomic E-state index is 10.1. The Morgan fingerprint density at radius 2 is 1.75 bits per heavy atom. The molecule has 0 heterocycles. The van der Waals surface area contributed by atoms with E-state index in [0.717, 1.165) is 0 Å². The van der Waals surface area contributed by atoms with E-state index in [1.165, 1.54) is 0 Å². The number of quaternary nitrogens is 1. The summed E-state index contributed by atoms with van der Waals surface area (Å²) >= 11 is 0. The standard InChI is InChI=1S/C4H3NO3/c5-1-2(6)4(8)3(1)7/h6H,5H2/p+1. The highest BCUT2D eigenvalue weighted by atomic mass is 16.3. The van der Waals surface area contributed by atoms with Gasteiger partial charge < -0.3 is 10.8 Å². The second kappa shape index (κ2) is 1.16. The summed E-state index contributed by atoms with van der Waals surface area (Å²) < 4.78 is 0. The molecule has 0 bridgehead atoms. The van der Waals surface area contributed by atoms with Crippen molar-refractivity contribution in [3.05, 3.63) is 20.4 Å². The van der Waals surface area contributed by atoms with E-state index in [1.807, 2.05) is 0 Å². The molecule has 0 saturated heterocycles. The minimum atomic E-state index is -0.824. The van der Waals surface area contributed by atoms with Gasteiger partial charge in [-0.25, -0.2) is 0 Å². The molecule has 0 spiro atoms. The first-order chi connectivity index (χ1) is 3.64. The van der Waals surface area contributed by atoms with Crippen molar-refractivity contribution >= 4 is 5.69 Å². The number of hydrogen-bond donors (Lipinski definition) is 2. The Kier molecular flexibility index (Phi) is 0.726. The van der Waals surface area contributed by atoms with Gasteiger partial charge in [0.2, 0.25) is 11.4 Å². The van der Waals surface area contributed by atoms with Gasteiger partial charge in [-0.3, -0.25) is 9.59 Å². The molecule has 8 heavy (non-hydrogen) atoms. The molecule has 42 valence electrons. The van der Waals surface area contributed by atoms with E-state index in [-0.39, 0.29) is 5.69 Å². The fraction of sp³-hybridized carbons (Fsp3) is 0. The molecule has 0 fully saturated rings. The number of aromatic hydroxyl groups is 1. The average molecular weight is 114 g/mol. The summed E-state index contributed by atoms with van der Waals surface area (Å²) in [6.07, 6.45) is 0. The van der Waals surface area contributed by atoms with Gasteiger partial charge >= 0.3 is 0 Å². The van der Waals surface area contributed by atoms with Gasteiger partial charge in [-0.15, -0.1) is 0 Å². The first-order valence-electron chi connectivity index (χ1n) is 1.99. The molecule has 1 rings (SSSR count). The normalized spacial score (nSPS) is 10.1. The number of hydrogen-bond acceptors (Lipinski definition) is 3. The average Bonchev–Trinajstić information content (AvgIpc) is 1.83. The van der Waals surface area contributed by atoms with Gasteiger partial charge in [0.15, 0.2) is 0 Å². The maximum absolute atomic E-state index is 10.1. The highest BCUT2D eigenvalue weighted by Crippen LogP contribution is 2.05. The predicted molar refractivity (Wildman–Crippen MR) is 25.6 cm³/mol. The van der Waals surface area contributed by atoms with Crippen molar-refractivity contribution in [2.45, 2.75) is 0 Å². The van der Waals surface area contributed by atoms with Crippen LogP contribution in [0.4, 0.5) is 5.69 Å². The third kappa shape index (κ3) is 0.324. The van der Waals surface area contributed by atoms with Crippen molar-refractivity contribution in [3.8, 4) is 5.75 Å². The highest BCUT2D eigenvalue weighted by molar-refractivity contribution is 5.49. The lowest BCUT2D eigenvalue weighted by Gasteiger charge is -1.89. The zero-order chi connectivity index (χ0) is 6.31. The second-order valence-corrected chi connectivity index (χ2v) is 1.49. The summed E-state index contributed by atoms with van der Waals surface area (Å²) in [5.41, 5.74) is 1.54. The van der Waals surface area contributed by atoms with E-state index in [4.69, 9.17) is 5.11 Å². The Balaban J connectivity index is 3.48. The van der Waals surface area contributed by atoms with Crippen LogP contribution in [0.3, 0.4) is 0 Å². The maximum Gasteiger partial charge on any atom is 0.293 e. The van der Waals surface area contributed by atoms with Gasteiger partial charge in [0.05, 0.1) is 0 Å². The number of rotatable bonds is 0. The minimum absolute atomic E-state index is 0.0741. The van der Waals surface area contributed by atoms with E-state index < -0.39 is 16.6 Å². The van der Waals surface area contributed by atoms with Gasteiger partial charge in [0, 0.05) is 0 Å². The smallest absolute Gasteiger partial charge is 0.293 e. The molecular formula is C4H4NO3+. The first kappa shape index (κ1) is 4.99. The predicted octanol–water partition coefficient (Wildman–Crippen LogP) is -2.14. The van der Waals surface area contributed by atoms with Crippen LogP contribution in [-0.2, 0) is 0 Å². The van der Waals surface area contributed by atoms with Crippen LogP contribution in [0.25, 0.3) is 0 Å². The van der Waals surface area contributed by atoms with Crippen LogP contribution in [0.1, 0.15) is 0 Å². The van der Waals surface area contributed by atoms with E-state index in [2.05, 4.69) is 5.73 Å². The van der Waals surface area contributed by atoms with Gasteiger partial charge in [-0.1, -0.05) is 0 Å². The van der Waals surface area contributed by atoms with Crippen molar-refractivity contribution in [1.29, 1.82) is 0 Å². The van der Waals surface area contributed by atoms with Crippen LogP contribution >= 0.6 is 0 Å². The van der Waals surface area contributed by atoms with Crippen LogP contribution < -0.4 is 16.6 Å². The van der Waals surface area contributed by atoms with Crippen molar-refractivity contribution in [1.82, 2.24) is 0 Å². The molecule has 1 aromatic rings. The lowest BCUT2D eigenvalue weighted by molar-refractivity contribution is -0.259. The molecule has 4 nitrogen and oxygen atoms in total. The molecule has 0 aliphatic carbocycles.